The molecular weight excluding hydrogens is 252 g/mol. The quantitative estimate of drug-likeness (QED) is 0.837. The van der Waals surface area contributed by atoms with Crippen LogP contribution in [0.1, 0.15) is 25.3 Å². The number of para-hydroxylation sites is 1. The molecule has 0 aromatic heterocycles. The van der Waals surface area contributed by atoms with E-state index in [-0.39, 0.29) is 5.75 Å². The molecule has 1 aliphatic rings. The van der Waals surface area contributed by atoms with E-state index in [0.29, 0.717) is 5.75 Å². The van der Waals surface area contributed by atoms with E-state index in [9.17, 15) is 5.11 Å². The monoisotopic (exact) mass is 278 g/mol. The molecule has 1 heterocycles. The highest BCUT2D eigenvalue weighted by Crippen LogP contribution is 2.30. The summed E-state index contributed by atoms with van der Waals surface area (Å²) in [6, 6.07) is 5.71. The van der Waals surface area contributed by atoms with Gasteiger partial charge in [0.05, 0.1) is 7.11 Å². The fraction of sp³-hybridized carbons (Fsp3) is 0.625. The maximum absolute atomic E-state index is 10.2. The number of rotatable bonds is 6. The summed E-state index contributed by atoms with van der Waals surface area (Å²) in [6.45, 7) is 7.33. The van der Waals surface area contributed by atoms with Crippen molar-refractivity contribution in [2.24, 2.45) is 5.92 Å². The second-order valence-corrected chi connectivity index (χ2v) is 5.49. The molecule has 4 nitrogen and oxygen atoms in total. The van der Waals surface area contributed by atoms with Crippen molar-refractivity contribution in [1.82, 2.24) is 10.2 Å². The molecule has 4 heteroatoms. The Kier molecular flexibility index (Phi) is 5.68. The average molecular weight is 278 g/mol. The number of methoxy groups -OCH3 is 1. The molecule has 0 aliphatic carbocycles. The topological polar surface area (TPSA) is 44.7 Å². The van der Waals surface area contributed by atoms with Crippen molar-refractivity contribution in [3.63, 3.8) is 0 Å². The standard InChI is InChI=1S/C16H26N2O2/c1-3-18(11-13-7-9-17-10-8-13)12-14-5-4-6-15(20-2)16(14)19/h4-6,13,17,19H,3,7-12H2,1-2H3. The number of nitrogens with one attached hydrogen (secondary N) is 1. The van der Waals surface area contributed by atoms with Crippen LogP contribution in [0.5, 0.6) is 11.5 Å². The van der Waals surface area contributed by atoms with E-state index >= 15 is 0 Å². The van der Waals surface area contributed by atoms with E-state index < -0.39 is 0 Å². The summed E-state index contributed by atoms with van der Waals surface area (Å²) >= 11 is 0. The number of phenols is 1. The van der Waals surface area contributed by atoms with Crippen LogP contribution in [0.15, 0.2) is 18.2 Å². The summed E-state index contributed by atoms with van der Waals surface area (Å²) in [5.41, 5.74) is 0.945. The van der Waals surface area contributed by atoms with Crippen LogP contribution in [0.4, 0.5) is 0 Å². The molecule has 0 bridgehead atoms. The van der Waals surface area contributed by atoms with Crippen molar-refractivity contribution in [1.29, 1.82) is 0 Å². The first kappa shape index (κ1) is 15.1. The van der Waals surface area contributed by atoms with E-state index in [4.69, 9.17) is 4.74 Å². The Bertz CT molecular complexity index is 417. The van der Waals surface area contributed by atoms with Crippen LogP contribution in [0.2, 0.25) is 0 Å². The van der Waals surface area contributed by atoms with Gasteiger partial charge >= 0.3 is 0 Å². The second-order valence-electron chi connectivity index (χ2n) is 5.49. The predicted molar refractivity (Wildman–Crippen MR) is 81.2 cm³/mol. The molecule has 20 heavy (non-hydrogen) atoms. The SMILES string of the molecule is CCN(Cc1cccc(OC)c1O)CC1CCNCC1. The van der Waals surface area contributed by atoms with Gasteiger partial charge in [0.15, 0.2) is 11.5 Å². The van der Waals surface area contributed by atoms with Gasteiger partial charge in [-0.1, -0.05) is 19.1 Å². The summed E-state index contributed by atoms with van der Waals surface area (Å²) in [6.07, 6.45) is 2.50. The van der Waals surface area contributed by atoms with Crippen LogP contribution in [-0.4, -0.2) is 43.3 Å². The fourth-order valence-electron chi connectivity index (χ4n) is 2.84. The number of phenolic OH excluding ortho intramolecular Hbond substituents is 1. The zero-order valence-electron chi connectivity index (χ0n) is 12.6. The summed E-state index contributed by atoms with van der Waals surface area (Å²) in [4.78, 5) is 2.41. The number of benzene rings is 1. The molecule has 1 aromatic rings. The molecule has 1 fully saturated rings. The molecule has 1 saturated heterocycles. The molecule has 0 radical (unpaired) electrons. The molecule has 1 aliphatic heterocycles. The highest BCUT2D eigenvalue weighted by molar-refractivity contribution is 5.45. The van der Waals surface area contributed by atoms with Crippen LogP contribution in [0, 0.1) is 5.92 Å². The van der Waals surface area contributed by atoms with Crippen LogP contribution >= 0.6 is 0 Å². The van der Waals surface area contributed by atoms with Gasteiger partial charge in [-0.05, 0) is 44.5 Å². The first-order valence-electron chi connectivity index (χ1n) is 7.52. The lowest BCUT2D eigenvalue weighted by Gasteiger charge is -2.29. The molecular formula is C16H26N2O2. The maximum atomic E-state index is 10.2. The maximum Gasteiger partial charge on any atom is 0.162 e. The lowest BCUT2D eigenvalue weighted by atomic mass is 9.97. The molecule has 0 amide bonds. The molecule has 0 unspecified atom stereocenters. The predicted octanol–water partition coefficient (Wildman–Crippen LogP) is 2.22. The number of nitrogens with zero attached hydrogens (tertiary/aromatic N) is 1. The van der Waals surface area contributed by atoms with Gasteiger partial charge in [-0.3, -0.25) is 4.90 Å². The Balaban J connectivity index is 1.98. The van der Waals surface area contributed by atoms with Crippen LogP contribution in [0.3, 0.4) is 0 Å². The summed E-state index contributed by atoms with van der Waals surface area (Å²) in [7, 11) is 1.59. The summed E-state index contributed by atoms with van der Waals surface area (Å²) in [5, 5.41) is 13.6. The molecule has 0 atom stereocenters. The van der Waals surface area contributed by atoms with Gasteiger partial charge in [-0.25, -0.2) is 0 Å². The van der Waals surface area contributed by atoms with E-state index in [1.807, 2.05) is 12.1 Å². The highest BCUT2D eigenvalue weighted by Gasteiger charge is 2.17. The third-order valence-corrected chi connectivity index (χ3v) is 4.12. The zero-order valence-corrected chi connectivity index (χ0v) is 12.6. The molecule has 2 rings (SSSR count). The third kappa shape index (κ3) is 3.87. The van der Waals surface area contributed by atoms with Gasteiger partial charge in [0.1, 0.15) is 0 Å². The van der Waals surface area contributed by atoms with Gasteiger partial charge < -0.3 is 15.2 Å². The second kappa shape index (κ2) is 7.50. The van der Waals surface area contributed by atoms with E-state index in [0.717, 1.165) is 44.2 Å². The van der Waals surface area contributed by atoms with Crippen molar-refractivity contribution in [2.75, 3.05) is 33.3 Å². The van der Waals surface area contributed by atoms with Crippen LogP contribution in [-0.2, 0) is 6.54 Å². The van der Waals surface area contributed by atoms with Crippen molar-refractivity contribution in [3.05, 3.63) is 23.8 Å². The van der Waals surface area contributed by atoms with Gasteiger partial charge in [0.2, 0.25) is 0 Å². The Labute approximate surface area is 121 Å². The number of ether oxygens (including phenoxy) is 1. The summed E-state index contributed by atoms with van der Waals surface area (Å²) < 4.78 is 5.17. The molecule has 112 valence electrons. The lowest BCUT2D eigenvalue weighted by molar-refractivity contribution is 0.205. The Hall–Kier alpha value is -1.26. The van der Waals surface area contributed by atoms with Gasteiger partial charge in [0, 0.05) is 18.7 Å². The Morgan fingerprint density at radius 3 is 2.75 bits per heavy atom. The lowest BCUT2D eigenvalue weighted by Crippen LogP contribution is -2.35. The Morgan fingerprint density at radius 2 is 2.10 bits per heavy atom. The minimum atomic E-state index is 0.277. The smallest absolute Gasteiger partial charge is 0.162 e. The number of aromatic hydroxyl groups is 1. The number of hydrogen-bond donors (Lipinski definition) is 2. The number of hydrogen-bond acceptors (Lipinski definition) is 4. The first-order valence-corrected chi connectivity index (χ1v) is 7.52. The highest BCUT2D eigenvalue weighted by atomic mass is 16.5. The van der Waals surface area contributed by atoms with Gasteiger partial charge in [-0.15, -0.1) is 0 Å². The normalized spacial score (nSPS) is 16.6. The van der Waals surface area contributed by atoms with Crippen molar-refractivity contribution < 1.29 is 9.84 Å². The molecule has 0 saturated carbocycles. The van der Waals surface area contributed by atoms with Crippen molar-refractivity contribution in [2.45, 2.75) is 26.3 Å². The molecule has 2 N–H and O–H groups in total. The largest absolute Gasteiger partial charge is 0.504 e. The van der Waals surface area contributed by atoms with Crippen LogP contribution in [0.25, 0.3) is 0 Å². The first-order chi connectivity index (χ1) is 9.74. The summed E-state index contributed by atoms with van der Waals surface area (Å²) in [5.74, 6) is 1.60. The van der Waals surface area contributed by atoms with Crippen molar-refractivity contribution >= 4 is 0 Å². The van der Waals surface area contributed by atoms with Gasteiger partial charge in [-0.2, -0.15) is 0 Å². The van der Waals surface area contributed by atoms with Crippen molar-refractivity contribution in [3.8, 4) is 11.5 Å². The zero-order chi connectivity index (χ0) is 14.4. The minimum absolute atomic E-state index is 0.277. The number of piperidine rings is 1. The Morgan fingerprint density at radius 1 is 1.35 bits per heavy atom. The van der Waals surface area contributed by atoms with E-state index in [2.05, 4.69) is 17.1 Å². The molecule has 1 aromatic carbocycles. The molecule has 0 spiro atoms. The van der Waals surface area contributed by atoms with E-state index in [1.165, 1.54) is 12.8 Å². The van der Waals surface area contributed by atoms with Crippen LogP contribution < -0.4 is 10.1 Å². The average Bonchev–Trinajstić information content (AvgIpc) is 2.49. The fourth-order valence-corrected chi connectivity index (χ4v) is 2.84. The minimum Gasteiger partial charge on any atom is -0.504 e. The van der Waals surface area contributed by atoms with E-state index in [1.54, 1.807) is 13.2 Å². The van der Waals surface area contributed by atoms with Gasteiger partial charge in [0.25, 0.3) is 0 Å². The third-order valence-electron chi connectivity index (χ3n) is 4.12.